The molecule has 0 aliphatic rings. The summed E-state index contributed by atoms with van der Waals surface area (Å²) in [6.07, 6.45) is 2.89. The summed E-state index contributed by atoms with van der Waals surface area (Å²) in [5.74, 6) is -0.390. The number of primary amides is 1. The maximum absolute atomic E-state index is 11.7. The van der Waals surface area contributed by atoms with Crippen molar-refractivity contribution in [3.05, 3.63) is 24.0 Å². The highest BCUT2D eigenvalue weighted by Gasteiger charge is 2.12. The number of aromatic amines is 1. The largest absolute Gasteiger partial charge is 0.368 e. The van der Waals surface area contributed by atoms with E-state index in [4.69, 9.17) is 5.73 Å². The first-order valence-electron chi connectivity index (χ1n) is 5.05. The van der Waals surface area contributed by atoms with Gasteiger partial charge in [0.05, 0.1) is 11.9 Å². The summed E-state index contributed by atoms with van der Waals surface area (Å²) in [5, 5.41) is 12.7. The molecule has 0 bridgehead atoms. The van der Waals surface area contributed by atoms with E-state index in [1.54, 1.807) is 6.92 Å². The summed E-state index contributed by atoms with van der Waals surface area (Å²) in [6, 6.07) is 0. The quantitative estimate of drug-likeness (QED) is 0.642. The standard InChI is InChI=1S/C9H11N7O2/c1-5-12-8(15-14-5)9(18)13-6-2-11-16(3-6)4-7(10)17/h2-3H,4H2,1H3,(H2,10,17)(H,13,18)(H,12,14,15). The van der Waals surface area contributed by atoms with Gasteiger partial charge in [-0.1, -0.05) is 0 Å². The van der Waals surface area contributed by atoms with Crippen molar-refractivity contribution < 1.29 is 9.59 Å². The molecule has 0 spiro atoms. The molecular formula is C9H11N7O2. The molecular weight excluding hydrogens is 238 g/mol. The number of hydrogen-bond donors (Lipinski definition) is 3. The third kappa shape index (κ3) is 2.70. The number of rotatable bonds is 4. The van der Waals surface area contributed by atoms with Crippen LogP contribution in [0.15, 0.2) is 12.4 Å². The number of aryl methyl sites for hydroxylation is 1. The van der Waals surface area contributed by atoms with Crippen LogP contribution in [0, 0.1) is 6.92 Å². The highest BCUT2D eigenvalue weighted by molar-refractivity contribution is 6.01. The lowest BCUT2D eigenvalue weighted by molar-refractivity contribution is -0.118. The third-order valence-corrected chi connectivity index (χ3v) is 2.01. The maximum Gasteiger partial charge on any atom is 0.295 e. The van der Waals surface area contributed by atoms with Crippen molar-refractivity contribution in [3.63, 3.8) is 0 Å². The van der Waals surface area contributed by atoms with Crippen LogP contribution in [0.4, 0.5) is 5.69 Å². The topological polar surface area (TPSA) is 132 Å². The minimum absolute atomic E-state index is 0.0372. The Hall–Kier alpha value is -2.71. The van der Waals surface area contributed by atoms with E-state index < -0.39 is 11.8 Å². The van der Waals surface area contributed by atoms with Gasteiger partial charge in [0.25, 0.3) is 5.91 Å². The minimum Gasteiger partial charge on any atom is -0.368 e. The van der Waals surface area contributed by atoms with Crippen molar-refractivity contribution in [2.45, 2.75) is 13.5 Å². The molecule has 0 saturated carbocycles. The lowest BCUT2D eigenvalue weighted by atomic mass is 10.5. The summed E-state index contributed by atoms with van der Waals surface area (Å²) in [4.78, 5) is 26.2. The maximum atomic E-state index is 11.7. The molecule has 9 nitrogen and oxygen atoms in total. The van der Waals surface area contributed by atoms with Gasteiger partial charge in [-0.25, -0.2) is 4.98 Å². The zero-order chi connectivity index (χ0) is 13.1. The van der Waals surface area contributed by atoms with Crippen LogP contribution in [0.2, 0.25) is 0 Å². The number of hydrogen-bond acceptors (Lipinski definition) is 5. The smallest absolute Gasteiger partial charge is 0.295 e. The van der Waals surface area contributed by atoms with Crippen molar-refractivity contribution >= 4 is 17.5 Å². The molecule has 2 aromatic rings. The number of H-pyrrole nitrogens is 1. The molecule has 0 unspecified atom stereocenters. The first-order chi connectivity index (χ1) is 8.54. The van der Waals surface area contributed by atoms with Crippen LogP contribution in [0.1, 0.15) is 16.4 Å². The van der Waals surface area contributed by atoms with Crippen molar-refractivity contribution in [1.29, 1.82) is 0 Å². The number of anilines is 1. The lowest BCUT2D eigenvalue weighted by Gasteiger charge is -1.97. The second-order valence-corrected chi connectivity index (χ2v) is 3.59. The Morgan fingerprint density at radius 1 is 1.56 bits per heavy atom. The normalized spacial score (nSPS) is 10.3. The van der Waals surface area contributed by atoms with Crippen molar-refractivity contribution in [1.82, 2.24) is 25.0 Å². The van der Waals surface area contributed by atoms with Crippen LogP contribution in [0.3, 0.4) is 0 Å². The fourth-order valence-corrected chi connectivity index (χ4v) is 1.31. The van der Waals surface area contributed by atoms with Crippen LogP contribution >= 0.6 is 0 Å². The Bertz CT molecular complexity index is 585. The number of carbonyl (C=O) groups excluding carboxylic acids is 2. The molecule has 2 rings (SSSR count). The van der Waals surface area contributed by atoms with Gasteiger partial charge in [0.2, 0.25) is 11.7 Å². The predicted octanol–water partition coefficient (Wildman–Crippen LogP) is -0.953. The predicted molar refractivity (Wildman–Crippen MR) is 60.5 cm³/mol. The number of aromatic nitrogens is 5. The summed E-state index contributed by atoms with van der Waals surface area (Å²) in [5.41, 5.74) is 5.45. The molecule has 0 atom stereocenters. The van der Waals surface area contributed by atoms with Crippen LogP contribution in [0.5, 0.6) is 0 Å². The Labute approximate surface area is 101 Å². The summed E-state index contributed by atoms with van der Waals surface area (Å²) < 4.78 is 1.32. The van der Waals surface area contributed by atoms with Crippen LogP contribution < -0.4 is 11.1 Å². The SMILES string of the molecule is Cc1nc(C(=O)Nc2cnn(CC(N)=O)c2)n[nH]1. The molecule has 0 aliphatic heterocycles. The highest BCUT2D eigenvalue weighted by atomic mass is 16.2. The molecule has 2 amide bonds. The molecule has 0 radical (unpaired) electrons. The fourth-order valence-electron chi connectivity index (χ4n) is 1.31. The molecule has 0 fully saturated rings. The molecule has 4 N–H and O–H groups in total. The molecule has 2 aromatic heterocycles. The molecule has 2 heterocycles. The monoisotopic (exact) mass is 249 g/mol. The van der Waals surface area contributed by atoms with Gasteiger partial charge in [-0.05, 0) is 6.92 Å². The van der Waals surface area contributed by atoms with Gasteiger partial charge in [0.15, 0.2) is 0 Å². The van der Waals surface area contributed by atoms with Gasteiger partial charge in [-0.15, -0.1) is 5.10 Å². The number of nitrogens with zero attached hydrogens (tertiary/aromatic N) is 4. The average molecular weight is 249 g/mol. The average Bonchev–Trinajstić information content (AvgIpc) is 2.87. The number of carbonyl (C=O) groups is 2. The van der Waals surface area contributed by atoms with Crippen molar-refractivity contribution in [3.8, 4) is 0 Å². The molecule has 0 aliphatic carbocycles. The zero-order valence-corrected chi connectivity index (χ0v) is 9.54. The first-order valence-corrected chi connectivity index (χ1v) is 5.05. The number of nitrogens with one attached hydrogen (secondary N) is 2. The molecule has 0 aromatic carbocycles. The van der Waals surface area contributed by atoms with Gasteiger partial charge < -0.3 is 11.1 Å². The second-order valence-electron chi connectivity index (χ2n) is 3.59. The van der Waals surface area contributed by atoms with E-state index in [1.807, 2.05) is 0 Å². The van der Waals surface area contributed by atoms with Gasteiger partial charge in [-0.2, -0.15) is 5.10 Å². The Morgan fingerprint density at radius 3 is 2.94 bits per heavy atom. The Balaban J connectivity index is 2.03. The fraction of sp³-hybridized carbons (Fsp3) is 0.222. The van der Waals surface area contributed by atoms with E-state index in [0.29, 0.717) is 11.5 Å². The van der Waals surface area contributed by atoms with E-state index in [9.17, 15) is 9.59 Å². The lowest BCUT2D eigenvalue weighted by Crippen LogP contribution is -2.18. The Morgan fingerprint density at radius 2 is 2.33 bits per heavy atom. The second kappa shape index (κ2) is 4.65. The number of amides is 2. The summed E-state index contributed by atoms with van der Waals surface area (Å²) in [7, 11) is 0. The molecule has 94 valence electrons. The molecule has 18 heavy (non-hydrogen) atoms. The van der Waals surface area contributed by atoms with Gasteiger partial charge in [0, 0.05) is 6.20 Å². The van der Waals surface area contributed by atoms with E-state index in [-0.39, 0.29) is 12.4 Å². The summed E-state index contributed by atoms with van der Waals surface area (Å²) in [6.45, 7) is 1.64. The van der Waals surface area contributed by atoms with E-state index in [1.165, 1.54) is 17.1 Å². The Kier molecular flexibility index (Phi) is 3.04. The molecule has 9 heteroatoms. The zero-order valence-electron chi connectivity index (χ0n) is 9.54. The van der Waals surface area contributed by atoms with Crippen LogP contribution in [0.25, 0.3) is 0 Å². The minimum atomic E-state index is -0.513. The highest BCUT2D eigenvalue weighted by Crippen LogP contribution is 2.06. The first kappa shape index (κ1) is 11.8. The van der Waals surface area contributed by atoms with Crippen LogP contribution in [-0.4, -0.2) is 36.8 Å². The third-order valence-electron chi connectivity index (χ3n) is 2.01. The van der Waals surface area contributed by atoms with Crippen molar-refractivity contribution in [2.75, 3.05) is 5.32 Å². The van der Waals surface area contributed by atoms with Gasteiger partial charge in [-0.3, -0.25) is 19.4 Å². The van der Waals surface area contributed by atoms with Gasteiger partial charge >= 0.3 is 0 Å². The van der Waals surface area contributed by atoms with Gasteiger partial charge in [0.1, 0.15) is 12.4 Å². The van der Waals surface area contributed by atoms with Crippen LogP contribution in [-0.2, 0) is 11.3 Å². The molecule has 0 saturated heterocycles. The number of nitrogens with two attached hydrogens (primary N) is 1. The van der Waals surface area contributed by atoms with E-state index in [0.717, 1.165) is 0 Å². The van der Waals surface area contributed by atoms with Crippen molar-refractivity contribution in [2.24, 2.45) is 5.73 Å². The summed E-state index contributed by atoms with van der Waals surface area (Å²) >= 11 is 0. The van der Waals surface area contributed by atoms with E-state index in [2.05, 4.69) is 25.6 Å². The van der Waals surface area contributed by atoms with E-state index >= 15 is 0 Å².